The summed E-state index contributed by atoms with van der Waals surface area (Å²) in [5, 5.41) is 3.57. The van der Waals surface area contributed by atoms with Gasteiger partial charge in [0, 0.05) is 24.2 Å². The molecule has 0 fully saturated rings. The summed E-state index contributed by atoms with van der Waals surface area (Å²) in [7, 11) is 3.22. The van der Waals surface area contributed by atoms with E-state index in [1.165, 1.54) is 0 Å². The average Bonchev–Trinajstić information content (AvgIpc) is 2.26. The largest absolute Gasteiger partial charge is 0.496 e. The van der Waals surface area contributed by atoms with Gasteiger partial charge in [-0.15, -0.1) is 0 Å². The van der Waals surface area contributed by atoms with Gasteiger partial charge in [-0.3, -0.25) is 4.99 Å². The summed E-state index contributed by atoms with van der Waals surface area (Å²) in [5.74, 6) is 1.11. The second kappa shape index (κ2) is 5.46. The first-order valence-electron chi connectivity index (χ1n) is 4.46. The van der Waals surface area contributed by atoms with Gasteiger partial charge in [0.25, 0.3) is 0 Å². The van der Waals surface area contributed by atoms with E-state index in [2.05, 4.69) is 10.3 Å². The lowest BCUT2D eigenvalue weighted by atomic mass is 10.2. The lowest BCUT2D eigenvalue weighted by Crippen LogP contribution is -2.30. The van der Waals surface area contributed by atoms with Gasteiger partial charge in [0.1, 0.15) is 5.75 Å². The Kier molecular flexibility index (Phi) is 4.24. The first-order chi connectivity index (χ1) is 7.19. The maximum absolute atomic E-state index is 6.03. The van der Waals surface area contributed by atoms with E-state index in [1.54, 1.807) is 20.2 Å². The highest BCUT2D eigenvalue weighted by atomic mass is 35.5. The number of nitrogens with two attached hydrogens (primary N) is 1. The first-order valence-corrected chi connectivity index (χ1v) is 4.84. The molecule has 1 aromatic carbocycles. The van der Waals surface area contributed by atoms with Crippen molar-refractivity contribution < 1.29 is 4.74 Å². The second-order valence-corrected chi connectivity index (χ2v) is 3.29. The zero-order valence-electron chi connectivity index (χ0n) is 8.75. The molecular formula is C10H14ClN3O. The van der Waals surface area contributed by atoms with Crippen LogP contribution in [0, 0.1) is 0 Å². The van der Waals surface area contributed by atoms with Crippen LogP contribution in [0.25, 0.3) is 0 Å². The van der Waals surface area contributed by atoms with E-state index in [0.717, 1.165) is 11.3 Å². The van der Waals surface area contributed by atoms with Crippen LogP contribution in [0.2, 0.25) is 5.02 Å². The molecule has 0 aliphatic rings. The van der Waals surface area contributed by atoms with Gasteiger partial charge in [-0.25, -0.2) is 0 Å². The van der Waals surface area contributed by atoms with E-state index in [-0.39, 0.29) is 0 Å². The average molecular weight is 228 g/mol. The van der Waals surface area contributed by atoms with Crippen LogP contribution in [0.15, 0.2) is 23.2 Å². The third-order valence-electron chi connectivity index (χ3n) is 1.98. The molecule has 82 valence electrons. The van der Waals surface area contributed by atoms with Crippen LogP contribution in [-0.2, 0) is 6.54 Å². The molecule has 0 unspecified atom stereocenters. The summed E-state index contributed by atoms with van der Waals surface area (Å²) in [6.07, 6.45) is 0. The quantitative estimate of drug-likeness (QED) is 0.606. The molecule has 0 amide bonds. The number of ether oxygens (including phenoxy) is 1. The zero-order chi connectivity index (χ0) is 11.3. The predicted octanol–water partition coefficient (Wildman–Crippen LogP) is 1.38. The van der Waals surface area contributed by atoms with E-state index < -0.39 is 0 Å². The van der Waals surface area contributed by atoms with Crippen LogP contribution < -0.4 is 15.8 Å². The van der Waals surface area contributed by atoms with Crippen molar-refractivity contribution in [2.24, 2.45) is 10.7 Å². The molecule has 0 aliphatic heterocycles. The van der Waals surface area contributed by atoms with Crippen LogP contribution in [-0.4, -0.2) is 20.1 Å². The highest BCUT2D eigenvalue weighted by Crippen LogP contribution is 2.25. The van der Waals surface area contributed by atoms with Crippen molar-refractivity contribution in [2.45, 2.75) is 6.54 Å². The number of halogens is 1. The number of benzene rings is 1. The van der Waals surface area contributed by atoms with Crippen molar-refractivity contribution in [2.75, 3.05) is 14.2 Å². The number of nitrogens with one attached hydrogen (secondary N) is 1. The molecule has 0 atom stereocenters. The van der Waals surface area contributed by atoms with Crippen molar-refractivity contribution in [1.82, 2.24) is 5.32 Å². The molecule has 5 heteroatoms. The number of rotatable bonds is 3. The van der Waals surface area contributed by atoms with Crippen LogP contribution in [0.4, 0.5) is 0 Å². The van der Waals surface area contributed by atoms with Gasteiger partial charge in [0.05, 0.1) is 7.11 Å². The van der Waals surface area contributed by atoms with Gasteiger partial charge in [-0.1, -0.05) is 17.7 Å². The van der Waals surface area contributed by atoms with E-state index in [9.17, 15) is 0 Å². The highest BCUT2D eigenvalue weighted by Gasteiger charge is 2.06. The third kappa shape index (κ3) is 3.02. The molecule has 1 aromatic rings. The molecule has 0 saturated heterocycles. The predicted molar refractivity (Wildman–Crippen MR) is 62.4 cm³/mol. The van der Waals surface area contributed by atoms with Crippen LogP contribution in [0.3, 0.4) is 0 Å². The maximum atomic E-state index is 6.03. The summed E-state index contributed by atoms with van der Waals surface area (Å²) in [6.45, 7) is 0.492. The van der Waals surface area contributed by atoms with Gasteiger partial charge >= 0.3 is 0 Å². The smallest absolute Gasteiger partial charge is 0.188 e. The van der Waals surface area contributed by atoms with Crippen LogP contribution in [0.1, 0.15) is 5.56 Å². The van der Waals surface area contributed by atoms with E-state index in [1.807, 2.05) is 12.1 Å². The lowest BCUT2D eigenvalue weighted by molar-refractivity contribution is 0.409. The van der Waals surface area contributed by atoms with E-state index >= 15 is 0 Å². The lowest BCUT2D eigenvalue weighted by Gasteiger charge is -2.11. The number of aliphatic imine (C=N–C) groups is 1. The molecule has 0 spiro atoms. The summed E-state index contributed by atoms with van der Waals surface area (Å²) in [4.78, 5) is 3.79. The van der Waals surface area contributed by atoms with Gasteiger partial charge in [-0.05, 0) is 12.1 Å². The molecule has 4 nitrogen and oxygen atoms in total. The molecule has 0 aromatic heterocycles. The molecule has 0 bridgehead atoms. The Hall–Kier alpha value is -1.42. The Morgan fingerprint density at radius 1 is 1.60 bits per heavy atom. The van der Waals surface area contributed by atoms with Gasteiger partial charge in [-0.2, -0.15) is 0 Å². The topological polar surface area (TPSA) is 59.6 Å². The molecule has 1 rings (SSSR count). The molecule has 0 saturated carbocycles. The maximum Gasteiger partial charge on any atom is 0.188 e. The van der Waals surface area contributed by atoms with Gasteiger partial charge < -0.3 is 15.8 Å². The van der Waals surface area contributed by atoms with Gasteiger partial charge in [0.2, 0.25) is 0 Å². The summed E-state index contributed by atoms with van der Waals surface area (Å²) < 4.78 is 5.19. The molecule has 0 radical (unpaired) electrons. The second-order valence-electron chi connectivity index (χ2n) is 2.88. The van der Waals surface area contributed by atoms with Crippen molar-refractivity contribution >= 4 is 17.6 Å². The Morgan fingerprint density at radius 3 is 2.93 bits per heavy atom. The fourth-order valence-electron chi connectivity index (χ4n) is 1.16. The zero-order valence-corrected chi connectivity index (χ0v) is 9.51. The Labute approximate surface area is 94.1 Å². The number of guanidine groups is 1. The third-order valence-corrected chi connectivity index (χ3v) is 2.34. The molecule has 15 heavy (non-hydrogen) atoms. The Morgan fingerprint density at radius 2 is 2.33 bits per heavy atom. The monoisotopic (exact) mass is 227 g/mol. The molecule has 0 aliphatic carbocycles. The minimum absolute atomic E-state index is 0.372. The number of hydrogen-bond donors (Lipinski definition) is 2. The van der Waals surface area contributed by atoms with Gasteiger partial charge in [0.15, 0.2) is 5.96 Å². The number of methoxy groups -OCH3 is 1. The normalized spacial score (nSPS) is 11.3. The van der Waals surface area contributed by atoms with Crippen LogP contribution in [0.5, 0.6) is 5.75 Å². The first kappa shape index (κ1) is 11.7. The van der Waals surface area contributed by atoms with E-state index in [0.29, 0.717) is 17.5 Å². The Balaban J connectivity index is 2.83. The summed E-state index contributed by atoms with van der Waals surface area (Å²) in [6, 6.07) is 5.49. The van der Waals surface area contributed by atoms with Crippen molar-refractivity contribution in [1.29, 1.82) is 0 Å². The summed E-state index contributed by atoms with van der Waals surface area (Å²) >= 11 is 6.03. The minimum atomic E-state index is 0.372. The fourth-order valence-corrected chi connectivity index (χ4v) is 1.39. The van der Waals surface area contributed by atoms with Crippen molar-refractivity contribution in [3.63, 3.8) is 0 Å². The minimum Gasteiger partial charge on any atom is -0.496 e. The highest BCUT2D eigenvalue weighted by molar-refractivity contribution is 6.31. The van der Waals surface area contributed by atoms with Crippen LogP contribution >= 0.6 is 11.6 Å². The summed E-state index contributed by atoms with van der Waals surface area (Å²) in [5.41, 5.74) is 6.39. The number of hydrogen-bond acceptors (Lipinski definition) is 2. The Bertz CT molecular complexity index is 366. The van der Waals surface area contributed by atoms with E-state index in [4.69, 9.17) is 22.1 Å². The fraction of sp³-hybridized carbons (Fsp3) is 0.300. The number of nitrogens with zero attached hydrogens (tertiary/aromatic N) is 1. The van der Waals surface area contributed by atoms with Crippen molar-refractivity contribution in [3.8, 4) is 5.75 Å². The molecule has 3 N–H and O–H groups in total. The standard InChI is InChI=1S/C10H14ClN3O/c1-13-10(12)14-6-7-8(11)4-3-5-9(7)15-2/h3-5H,6H2,1-2H3,(H3,12,13,14). The molecule has 0 heterocycles. The van der Waals surface area contributed by atoms with Crippen molar-refractivity contribution in [3.05, 3.63) is 28.8 Å². The molecular weight excluding hydrogens is 214 g/mol. The SMILES string of the molecule is CN=C(N)NCc1c(Cl)cccc1OC.